The minimum atomic E-state index is -0.407. The predicted molar refractivity (Wildman–Crippen MR) is 64.4 cm³/mol. The van der Waals surface area contributed by atoms with Crippen LogP contribution in [-0.2, 0) is 4.74 Å². The summed E-state index contributed by atoms with van der Waals surface area (Å²) >= 11 is 4.28. The smallest absolute Gasteiger partial charge is 0.410 e. The number of likely N-dealkylation sites (tertiary alicyclic amines) is 1. The number of carbonyl (C=O) groups is 1. The normalized spacial score (nSPS) is 22.7. The topological polar surface area (TPSA) is 29.5 Å². The molecule has 1 unspecified atom stereocenters. The van der Waals surface area contributed by atoms with Gasteiger partial charge in [0.15, 0.2) is 0 Å². The molecule has 1 aliphatic heterocycles. The molecule has 1 atom stereocenters. The van der Waals surface area contributed by atoms with Crippen molar-refractivity contribution in [2.45, 2.75) is 51.7 Å². The van der Waals surface area contributed by atoms with Crippen molar-refractivity contribution in [1.82, 2.24) is 4.90 Å². The molecule has 1 heterocycles. The molecular formula is C11H21NO2S. The van der Waals surface area contributed by atoms with Crippen LogP contribution in [0.15, 0.2) is 0 Å². The number of piperidine rings is 1. The molecule has 15 heavy (non-hydrogen) atoms. The van der Waals surface area contributed by atoms with Crippen LogP contribution in [0, 0.1) is 0 Å². The summed E-state index contributed by atoms with van der Waals surface area (Å²) in [6.07, 6.45) is 3.11. The Balaban J connectivity index is 2.56. The number of carbonyl (C=O) groups excluding carboxylic acids is 1. The Morgan fingerprint density at radius 3 is 2.67 bits per heavy atom. The van der Waals surface area contributed by atoms with Gasteiger partial charge in [-0.25, -0.2) is 4.79 Å². The van der Waals surface area contributed by atoms with Crippen molar-refractivity contribution in [1.29, 1.82) is 0 Å². The molecule has 1 fully saturated rings. The maximum absolute atomic E-state index is 11.9. The molecule has 0 aromatic heterocycles. The zero-order valence-corrected chi connectivity index (χ0v) is 10.7. The molecule has 0 saturated carbocycles. The van der Waals surface area contributed by atoms with Gasteiger partial charge in [-0.1, -0.05) is 0 Å². The van der Waals surface area contributed by atoms with Crippen LogP contribution < -0.4 is 0 Å². The molecule has 1 rings (SSSR count). The minimum absolute atomic E-state index is 0.193. The van der Waals surface area contributed by atoms with E-state index in [1.54, 1.807) is 0 Å². The summed E-state index contributed by atoms with van der Waals surface area (Å²) < 4.78 is 5.36. The van der Waals surface area contributed by atoms with Gasteiger partial charge >= 0.3 is 6.09 Å². The zero-order chi connectivity index (χ0) is 11.5. The molecule has 1 saturated heterocycles. The summed E-state index contributed by atoms with van der Waals surface area (Å²) in [5, 5.41) is 0. The molecule has 88 valence electrons. The van der Waals surface area contributed by atoms with Crippen LogP contribution in [-0.4, -0.2) is 34.9 Å². The van der Waals surface area contributed by atoms with Gasteiger partial charge in [-0.05, 0) is 40.0 Å². The molecule has 1 amide bonds. The Morgan fingerprint density at radius 2 is 2.13 bits per heavy atom. The number of thiol groups is 1. The quantitative estimate of drug-likeness (QED) is 0.703. The number of nitrogens with zero attached hydrogens (tertiary/aromatic N) is 1. The van der Waals surface area contributed by atoms with E-state index in [9.17, 15) is 4.79 Å². The molecular weight excluding hydrogens is 210 g/mol. The van der Waals surface area contributed by atoms with Crippen molar-refractivity contribution in [3.63, 3.8) is 0 Å². The summed E-state index contributed by atoms with van der Waals surface area (Å²) in [7, 11) is 0. The van der Waals surface area contributed by atoms with Gasteiger partial charge < -0.3 is 9.64 Å². The standard InChI is InChI=1S/C11H21NO2S/c1-11(2,3)14-10(13)12-7-5-4-6-9(12)8-15/h9,15H,4-8H2,1-3H3. The first kappa shape index (κ1) is 12.7. The molecule has 0 aromatic rings. The van der Waals surface area contributed by atoms with E-state index in [4.69, 9.17) is 4.74 Å². The van der Waals surface area contributed by atoms with E-state index in [0.29, 0.717) is 0 Å². The maximum Gasteiger partial charge on any atom is 0.410 e. The summed E-state index contributed by atoms with van der Waals surface area (Å²) in [5.41, 5.74) is -0.407. The third-order valence-electron chi connectivity index (χ3n) is 2.47. The number of amides is 1. The van der Waals surface area contributed by atoms with Gasteiger partial charge in [0.1, 0.15) is 5.60 Å². The average molecular weight is 231 g/mol. The van der Waals surface area contributed by atoms with Gasteiger partial charge in [0.25, 0.3) is 0 Å². The molecule has 0 N–H and O–H groups in total. The van der Waals surface area contributed by atoms with Crippen LogP contribution in [0.25, 0.3) is 0 Å². The maximum atomic E-state index is 11.9. The highest BCUT2D eigenvalue weighted by atomic mass is 32.1. The molecule has 0 spiro atoms. The van der Waals surface area contributed by atoms with Crippen LogP contribution in [0.1, 0.15) is 40.0 Å². The largest absolute Gasteiger partial charge is 0.444 e. The highest BCUT2D eigenvalue weighted by Crippen LogP contribution is 2.20. The fourth-order valence-corrected chi connectivity index (χ4v) is 2.13. The lowest BCUT2D eigenvalue weighted by atomic mass is 10.0. The highest BCUT2D eigenvalue weighted by Gasteiger charge is 2.29. The Labute approximate surface area is 97.6 Å². The van der Waals surface area contributed by atoms with E-state index in [1.165, 1.54) is 6.42 Å². The average Bonchev–Trinajstić information content (AvgIpc) is 2.15. The third kappa shape index (κ3) is 3.93. The molecule has 0 radical (unpaired) electrons. The number of ether oxygens (including phenoxy) is 1. The fourth-order valence-electron chi connectivity index (χ4n) is 1.75. The fraction of sp³-hybridized carbons (Fsp3) is 0.909. The summed E-state index contributed by atoms with van der Waals surface area (Å²) in [6, 6.07) is 0.247. The van der Waals surface area contributed by atoms with Crippen LogP contribution in [0.4, 0.5) is 4.79 Å². The second-order valence-corrected chi connectivity index (χ2v) is 5.37. The zero-order valence-electron chi connectivity index (χ0n) is 9.82. The number of hydrogen-bond donors (Lipinski definition) is 1. The van der Waals surface area contributed by atoms with E-state index in [-0.39, 0.29) is 12.1 Å². The third-order valence-corrected chi connectivity index (χ3v) is 2.89. The Kier molecular flexibility index (Phi) is 4.32. The lowest BCUT2D eigenvalue weighted by Gasteiger charge is -2.36. The lowest BCUT2D eigenvalue weighted by Crippen LogP contribution is -2.46. The monoisotopic (exact) mass is 231 g/mol. The van der Waals surface area contributed by atoms with Gasteiger partial charge in [-0.2, -0.15) is 12.6 Å². The van der Waals surface area contributed by atoms with Gasteiger partial charge in [0.2, 0.25) is 0 Å². The predicted octanol–water partition coefficient (Wildman–Crippen LogP) is 2.71. The van der Waals surface area contributed by atoms with Crippen molar-refractivity contribution in [3.05, 3.63) is 0 Å². The van der Waals surface area contributed by atoms with Gasteiger partial charge in [-0.15, -0.1) is 0 Å². The Hall–Kier alpha value is -0.380. The minimum Gasteiger partial charge on any atom is -0.444 e. The van der Waals surface area contributed by atoms with Crippen LogP contribution >= 0.6 is 12.6 Å². The summed E-state index contributed by atoms with van der Waals surface area (Å²) in [5.74, 6) is 0.721. The molecule has 1 aliphatic rings. The Morgan fingerprint density at radius 1 is 1.47 bits per heavy atom. The highest BCUT2D eigenvalue weighted by molar-refractivity contribution is 7.80. The van der Waals surface area contributed by atoms with Gasteiger partial charge in [0.05, 0.1) is 0 Å². The lowest BCUT2D eigenvalue weighted by molar-refractivity contribution is 0.0126. The van der Waals surface area contributed by atoms with Crippen molar-refractivity contribution in [3.8, 4) is 0 Å². The van der Waals surface area contributed by atoms with Crippen LogP contribution in [0.3, 0.4) is 0 Å². The molecule has 0 aromatic carbocycles. The van der Waals surface area contributed by atoms with Crippen LogP contribution in [0.2, 0.25) is 0 Å². The molecule has 3 nitrogen and oxygen atoms in total. The van der Waals surface area contributed by atoms with Gasteiger partial charge in [0, 0.05) is 18.3 Å². The van der Waals surface area contributed by atoms with Crippen molar-refractivity contribution >= 4 is 18.7 Å². The van der Waals surface area contributed by atoms with E-state index in [0.717, 1.165) is 25.1 Å². The van der Waals surface area contributed by atoms with Crippen molar-refractivity contribution in [2.75, 3.05) is 12.3 Å². The summed E-state index contributed by atoms with van der Waals surface area (Å²) in [6.45, 7) is 6.49. The first-order valence-electron chi connectivity index (χ1n) is 5.54. The van der Waals surface area contributed by atoms with Crippen molar-refractivity contribution < 1.29 is 9.53 Å². The number of rotatable bonds is 1. The Bertz CT molecular complexity index is 225. The molecule has 0 bridgehead atoms. The van der Waals surface area contributed by atoms with E-state index in [2.05, 4.69) is 12.6 Å². The van der Waals surface area contributed by atoms with Crippen LogP contribution in [0.5, 0.6) is 0 Å². The first-order chi connectivity index (χ1) is 6.94. The van der Waals surface area contributed by atoms with E-state index < -0.39 is 5.60 Å². The van der Waals surface area contributed by atoms with E-state index >= 15 is 0 Å². The SMILES string of the molecule is CC(C)(C)OC(=O)N1CCCCC1CS. The second-order valence-electron chi connectivity index (χ2n) is 5.01. The van der Waals surface area contributed by atoms with E-state index in [1.807, 2.05) is 25.7 Å². The van der Waals surface area contributed by atoms with Gasteiger partial charge in [-0.3, -0.25) is 0 Å². The first-order valence-corrected chi connectivity index (χ1v) is 6.18. The summed E-state index contributed by atoms with van der Waals surface area (Å²) in [4.78, 5) is 13.7. The molecule has 0 aliphatic carbocycles. The number of hydrogen-bond acceptors (Lipinski definition) is 3. The molecule has 4 heteroatoms. The van der Waals surface area contributed by atoms with Crippen molar-refractivity contribution in [2.24, 2.45) is 0 Å². The second kappa shape index (κ2) is 5.10.